The Kier molecular flexibility index (Phi) is 3.65. The molecule has 0 bridgehead atoms. The van der Waals surface area contributed by atoms with Crippen LogP contribution in [0.1, 0.15) is 38.1 Å². The zero-order chi connectivity index (χ0) is 11.6. The van der Waals surface area contributed by atoms with E-state index in [1.807, 2.05) is 6.20 Å². The number of hydrogen-bond donors (Lipinski definition) is 1. The second-order valence-electron chi connectivity index (χ2n) is 5.51. The Bertz CT molecular complexity index is 319. The fourth-order valence-corrected chi connectivity index (χ4v) is 3.76. The van der Waals surface area contributed by atoms with Gasteiger partial charge >= 0.3 is 0 Å². The number of hydrogen-bond acceptors (Lipinski definition) is 3. The van der Waals surface area contributed by atoms with E-state index in [-0.39, 0.29) is 0 Å². The Hall–Kier alpha value is -0.410. The molecule has 0 saturated heterocycles. The third-order valence-electron chi connectivity index (χ3n) is 4.07. The van der Waals surface area contributed by atoms with Gasteiger partial charge in [0.2, 0.25) is 0 Å². The predicted molar refractivity (Wildman–Crippen MR) is 69.8 cm³/mol. The van der Waals surface area contributed by atoms with E-state index in [9.17, 15) is 0 Å². The molecule has 0 amide bonds. The van der Waals surface area contributed by atoms with E-state index >= 15 is 0 Å². The average molecular weight is 238 g/mol. The molecule has 2 atom stereocenters. The van der Waals surface area contributed by atoms with Crippen LogP contribution in [0.25, 0.3) is 0 Å². The number of thiazole rings is 1. The quantitative estimate of drug-likeness (QED) is 0.872. The van der Waals surface area contributed by atoms with Crippen LogP contribution >= 0.6 is 11.3 Å². The van der Waals surface area contributed by atoms with Crippen molar-refractivity contribution in [2.24, 2.45) is 11.3 Å². The molecule has 0 aliphatic heterocycles. The van der Waals surface area contributed by atoms with Crippen molar-refractivity contribution in [1.29, 1.82) is 0 Å². The van der Waals surface area contributed by atoms with Crippen molar-refractivity contribution in [1.82, 2.24) is 10.3 Å². The van der Waals surface area contributed by atoms with Gasteiger partial charge in [-0.05, 0) is 31.2 Å². The minimum absolute atomic E-state index is 0.491. The molecule has 2 nitrogen and oxygen atoms in total. The topological polar surface area (TPSA) is 24.9 Å². The molecule has 1 aromatic rings. The van der Waals surface area contributed by atoms with Crippen LogP contribution in [0.4, 0.5) is 0 Å². The molecule has 0 aromatic carbocycles. The highest BCUT2D eigenvalue weighted by atomic mass is 32.1. The Balaban J connectivity index is 2.05. The number of nitrogens with one attached hydrogen (secondary N) is 1. The first kappa shape index (κ1) is 12.1. The molecule has 90 valence electrons. The Morgan fingerprint density at radius 3 is 2.94 bits per heavy atom. The summed E-state index contributed by atoms with van der Waals surface area (Å²) < 4.78 is 0. The Morgan fingerprint density at radius 1 is 1.62 bits per heavy atom. The summed E-state index contributed by atoms with van der Waals surface area (Å²) >= 11 is 1.77. The normalized spacial score (nSPS) is 25.8. The average Bonchev–Trinajstić information content (AvgIpc) is 2.84. The van der Waals surface area contributed by atoms with E-state index < -0.39 is 0 Å². The highest BCUT2D eigenvalue weighted by Crippen LogP contribution is 2.44. The summed E-state index contributed by atoms with van der Waals surface area (Å²) in [6.07, 6.45) is 7.11. The van der Waals surface area contributed by atoms with Crippen molar-refractivity contribution in [2.45, 2.75) is 45.6 Å². The maximum absolute atomic E-state index is 4.40. The number of likely N-dealkylation sites (N-methyl/N-ethyl adjacent to an activating group) is 1. The highest BCUT2D eigenvalue weighted by molar-refractivity contribution is 7.09. The van der Waals surface area contributed by atoms with Crippen LogP contribution in [0.15, 0.2) is 11.6 Å². The lowest BCUT2D eigenvalue weighted by atomic mass is 9.76. The van der Waals surface area contributed by atoms with Gasteiger partial charge in [0.1, 0.15) is 0 Å². The molecule has 1 aliphatic carbocycles. The molecule has 3 heteroatoms. The standard InChI is InChI=1S/C13H22N2S/c1-13(2)6-4-5-10(13)11(14-3)9-12-15-7-8-16-12/h7-8,10-11,14H,4-6,9H2,1-3H3. The van der Waals surface area contributed by atoms with Crippen molar-refractivity contribution in [3.8, 4) is 0 Å². The fraction of sp³-hybridized carbons (Fsp3) is 0.769. The minimum atomic E-state index is 0.491. The van der Waals surface area contributed by atoms with Gasteiger partial charge in [0.25, 0.3) is 0 Å². The van der Waals surface area contributed by atoms with Crippen LogP contribution in [0.2, 0.25) is 0 Å². The van der Waals surface area contributed by atoms with Crippen molar-refractivity contribution >= 4 is 11.3 Å². The molecule has 1 aliphatic rings. The van der Waals surface area contributed by atoms with Crippen molar-refractivity contribution < 1.29 is 0 Å². The van der Waals surface area contributed by atoms with Gasteiger partial charge in [-0.25, -0.2) is 4.98 Å². The first-order chi connectivity index (χ1) is 7.63. The molecule has 16 heavy (non-hydrogen) atoms. The smallest absolute Gasteiger partial charge is 0.0940 e. The van der Waals surface area contributed by atoms with Crippen LogP contribution in [-0.4, -0.2) is 18.1 Å². The number of aromatic nitrogens is 1. The van der Waals surface area contributed by atoms with Crippen LogP contribution in [0.3, 0.4) is 0 Å². The summed E-state index contributed by atoms with van der Waals surface area (Å²) in [6, 6.07) is 0.587. The molecular formula is C13H22N2S. The van der Waals surface area contributed by atoms with Gasteiger partial charge in [0.15, 0.2) is 0 Å². The molecule has 1 fully saturated rings. The van der Waals surface area contributed by atoms with E-state index in [1.54, 1.807) is 11.3 Å². The maximum atomic E-state index is 4.40. The number of rotatable bonds is 4. The van der Waals surface area contributed by atoms with E-state index in [1.165, 1.54) is 24.3 Å². The summed E-state index contributed by atoms with van der Waals surface area (Å²) in [5.74, 6) is 0.793. The van der Waals surface area contributed by atoms with Crippen LogP contribution in [0.5, 0.6) is 0 Å². The van der Waals surface area contributed by atoms with Crippen molar-refractivity contribution in [3.05, 3.63) is 16.6 Å². The van der Waals surface area contributed by atoms with Crippen LogP contribution in [0, 0.1) is 11.3 Å². The number of nitrogens with zero attached hydrogens (tertiary/aromatic N) is 1. The van der Waals surface area contributed by atoms with Gasteiger partial charge < -0.3 is 5.32 Å². The van der Waals surface area contributed by atoms with Crippen molar-refractivity contribution in [3.63, 3.8) is 0 Å². The molecule has 2 unspecified atom stereocenters. The van der Waals surface area contributed by atoms with Gasteiger partial charge in [-0.2, -0.15) is 0 Å². The molecule has 1 saturated carbocycles. The van der Waals surface area contributed by atoms with Gasteiger partial charge in [-0.3, -0.25) is 0 Å². The third-order valence-corrected chi connectivity index (χ3v) is 4.88. The Morgan fingerprint density at radius 2 is 2.44 bits per heavy atom. The predicted octanol–water partition coefficient (Wildman–Crippen LogP) is 3.10. The van der Waals surface area contributed by atoms with Crippen molar-refractivity contribution in [2.75, 3.05) is 7.05 Å². The molecule has 1 heterocycles. The van der Waals surface area contributed by atoms with Crippen LogP contribution < -0.4 is 5.32 Å². The Labute approximate surface area is 102 Å². The lowest BCUT2D eigenvalue weighted by Gasteiger charge is -2.33. The lowest BCUT2D eigenvalue weighted by Crippen LogP contribution is -2.40. The molecule has 1 N–H and O–H groups in total. The molecule has 0 spiro atoms. The second-order valence-corrected chi connectivity index (χ2v) is 6.49. The second kappa shape index (κ2) is 4.84. The van der Waals surface area contributed by atoms with Gasteiger partial charge in [-0.1, -0.05) is 20.3 Å². The maximum Gasteiger partial charge on any atom is 0.0940 e. The van der Waals surface area contributed by atoms with Gasteiger partial charge in [0.05, 0.1) is 5.01 Å². The zero-order valence-corrected chi connectivity index (χ0v) is 11.3. The molecular weight excluding hydrogens is 216 g/mol. The lowest BCUT2D eigenvalue weighted by molar-refractivity contribution is 0.201. The first-order valence-electron chi connectivity index (χ1n) is 6.19. The molecule has 0 radical (unpaired) electrons. The summed E-state index contributed by atoms with van der Waals surface area (Å²) in [5.41, 5.74) is 0.491. The summed E-state index contributed by atoms with van der Waals surface area (Å²) in [5, 5.41) is 6.84. The van der Waals surface area contributed by atoms with Gasteiger partial charge in [-0.15, -0.1) is 11.3 Å². The van der Waals surface area contributed by atoms with E-state index in [0.29, 0.717) is 11.5 Å². The van der Waals surface area contributed by atoms with E-state index in [4.69, 9.17) is 0 Å². The minimum Gasteiger partial charge on any atom is -0.316 e. The van der Waals surface area contributed by atoms with Crippen LogP contribution in [-0.2, 0) is 6.42 Å². The summed E-state index contributed by atoms with van der Waals surface area (Å²) in [7, 11) is 2.09. The van der Waals surface area contributed by atoms with E-state index in [0.717, 1.165) is 12.3 Å². The molecule has 1 aromatic heterocycles. The monoisotopic (exact) mass is 238 g/mol. The largest absolute Gasteiger partial charge is 0.316 e. The van der Waals surface area contributed by atoms with Gasteiger partial charge in [0, 0.05) is 24.0 Å². The highest BCUT2D eigenvalue weighted by Gasteiger charge is 2.39. The summed E-state index contributed by atoms with van der Waals surface area (Å²) in [6.45, 7) is 4.83. The first-order valence-corrected chi connectivity index (χ1v) is 7.07. The zero-order valence-electron chi connectivity index (χ0n) is 10.5. The fourth-order valence-electron chi connectivity index (χ4n) is 3.09. The summed E-state index contributed by atoms with van der Waals surface area (Å²) in [4.78, 5) is 4.40. The molecule has 2 rings (SSSR count). The van der Waals surface area contributed by atoms with E-state index in [2.05, 4.69) is 36.6 Å². The SMILES string of the molecule is CNC(Cc1nccs1)C1CCCC1(C)C. The third kappa shape index (κ3) is 2.46.